The zero-order valence-corrected chi connectivity index (χ0v) is 17.1. The van der Waals surface area contributed by atoms with Crippen LogP contribution >= 0.6 is 0 Å². The molecule has 0 unspecified atom stereocenters. The van der Waals surface area contributed by atoms with Crippen LogP contribution in [0.1, 0.15) is 52.7 Å². The molecule has 1 aliphatic carbocycles. The van der Waals surface area contributed by atoms with E-state index in [1.165, 1.54) is 11.1 Å². The van der Waals surface area contributed by atoms with Crippen LogP contribution in [0.25, 0.3) is 0 Å². The second kappa shape index (κ2) is 8.62. The number of amides is 1. The third kappa shape index (κ3) is 4.41. The van der Waals surface area contributed by atoms with Crippen molar-refractivity contribution in [2.45, 2.75) is 45.2 Å². The van der Waals surface area contributed by atoms with Crippen LogP contribution in [0.15, 0.2) is 72.8 Å². The first-order valence-electron chi connectivity index (χ1n) is 10.4. The van der Waals surface area contributed by atoms with Gasteiger partial charge in [-0.1, -0.05) is 66.7 Å². The van der Waals surface area contributed by atoms with Gasteiger partial charge in [0.05, 0.1) is 0 Å². The molecule has 29 heavy (non-hydrogen) atoms. The first-order valence-corrected chi connectivity index (χ1v) is 10.4. The van der Waals surface area contributed by atoms with Gasteiger partial charge in [-0.3, -0.25) is 10.1 Å². The fraction of sp³-hybridized carbons (Fsp3) is 0.269. The first kappa shape index (κ1) is 19.4. The highest BCUT2D eigenvalue weighted by Gasteiger charge is 2.27. The van der Waals surface area contributed by atoms with Gasteiger partial charge in [0.15, 0.2) is 0 Å². The van der Waals surface area contributed by atoms with Crippen molar-refractivity contribution in [3.05, 3.63) is 101 Å². The molecule has 0 aliphatic heterocycles. The molecule has 0 heterocycles. The topological polar surface area (TPSA) is 41.1 Å². The largest absolute Gasteiger partial charge is 0.324 e. The molecule has 0 saturated carbocycles. The first-order chi connectivity index (χ1) is 14.1. The van der Waals surface area contributed by atoms with E-state index >= 15 is 0 Å². The average molecular weight is 385 g/mol. The number of hydrogen-bond acceptors (Lipinski definition) is 2. The van der Waals surface area contributed by atoms with Crippen molar-refractivity contribution in [3.8, 4) is 0 Å². The molecule has 0 bridgehead atoms. The zero-order valence-electron chi connectivity index (χ0n) is 17.1. The Morgan fingerprint density at radius 2 is 1.72 bits per heavy atom. The summed E-state index contributed by atoms with van der Waals surface area (Å²) in [6.45, 7) is 4.07. The highest BCUT2D eigenvalue weighted by Crippen LogP contribution is 2.32. The van der Waals surface area contributed by atoms with Gasteiger partial charge in [-0.2, -0.15) is 0 Å². The lowest BCUT2D eigenvalue weighted by atomic mass is 9.87. The Labute approximate surface area is 173 Å². The summed E-state index contributed by atoms with van der Waals surface area (Å²) in [5.41, 5.74) is 6.77. The average Bonchev–Trinajstić information content (AvgIpc) is 2.75. The Morgan fingerprint density at radius 1 is 0.966 bits per heavy atom. The van der Waals surface area contributed by atoms with Gasteiger partial charge < -0.3 is 5.32 Å². The number of carbonyl (C=O) groups excluding carboxylic acids is 1. The molecule has 3 nitrogen and oxygen atoms in total. The molecular formula is C26H28N2O. The van der Waals surface area contributed by atoms with Crippen LogP contribution in [0.4, 0.5) is 5.69 Å². The second-order valence-electron chi connectivity index (χ2n) is 7.96. The fourth-order valence-corrected chi connectivity index (χ4v) is 4.17. The number of fused-ring (bicyclic) bond motifs is 1. The summed E-state index contributed by atoms with van der Waals surface area (Å²) in [6, 6.07) is 24.5. The highest BCUT2D eigenvalue weighted by molar-refractivity contribution is 5.96. The van der Waals surface area contributed by atoms with E-state index in [4.69, 9.17) is 0 Å². The molecule has 0 aromatic heterocycles. The Morgan fingerprint density at radius 3 is 2.55 bits per heavy atom. The lowest BCUT2D eigenvalue weighted by molar-refractivity contribution is -0.118. The Balaban J connectivity index is 1.63. The highest BCUT2D eigenvalue weighted by atomic mass is 16.2. The number of benzene rings is 3. The minimum atomic E-state index is -0.410. The lowest BCUT2D eigenvalue weighted by Crippen LogP contribution is -2.37. The molecular weight excluding hydrogens is 356 g/mol. The van der Waals surface area contributed by atoms with E-state index in [0.29, 0.717) is 0 Å². The van der Waals surface area contributed by atoms with Crippen LogP contribution in [0.3, 0.4) is 0 Å². The van der Waals surface area contributed by atoms with Crippen LogP contribution < -0.4 is 10.6 Å². The van der Waals surface area contributed by atoms with Gasteiger partial charge in [0.25, 0.3) is 0 Å². The maximum Gasteiger partial charge on any atom is 0.246 e. The zero-order chi connectivity index (χ0) is 20.2. The second-order valence-corrected chi connectivity index (χ2v) is 7.96. The van der Waals surface area contributed by atoms with Crippen molar-refractivity contribution < 1.29 is 4.79 Å². The summed E-state index contributed by atoms with van der Waals surface area (Å²) in [5.74, 6) is -0.0204. The van der Waals surface area contributed by atoms with Crippen molar-refractivity contribution >= 4 is 11.6 Å². The number of nitrogens with one attached hydrogen (secondary N) is 2. The molecule has 3 aromatic carbocycles. The number of anilines is 1. The van der Waals surface area contributed by atoms with E-state index in [9.17, 15) is 4.79 Å². The van der Waals surface area contributed by atoms with Crippen molar-refractivity contribution in [1.82, 2.24) is 5.32 Å². The molecule has 0 saturated heterocycles. The van der Waals surface area contributed by atoms with Crippen LogP contribution in [0.5, 0.6) is 0 Å². The van der Waals surface area contributed by atoms with Gasteiger partial charge >= 0.3 is 0 Å². The molecule has 2 atom stereocenters. The summed E-state index contributed by atoms with van der Waals surface area (Å²) in [5, 5.41) is 6.83. The molecule has 0 spiro atoms. The summed E-state index contributed by atoms with van der Waals surface area (Å²) in [6.07, 6.45) is 3.28. The van der Waals surface area contributed by atoms with Crippen molar-refractivity contribution in [2.75, 3.05) is 5.32 Å². The number of carbonyl (C=O) groups is 1. The maximum atomic E-state index is 13.4. The predicted octanol–water partition coefficient (Wildman–Crippen LogP) is 5.65. The van der Waals surface area contributed by atoms with E-state index in [1.807, 2.05) is 56.3 Å². The third-order valence-corrected chi connectivity index (χ3v) is 5.78. The van der Waals surface area contributed by atoms with Gasteiger partial charge in [0, 0.05) is 11.7 Å². The number of aryl methyl sites for hydroxylation is 3. The van der Waals surface area contributed by atoms with Gasteiger partial charge in [-0.05, 0) is 67.0 Å². The summed E-state index contributed by atoms with van der Waals surface area (Å²) in [7, 11) is 0. The molecule has 3 aromatic rings. The monoisotopic (exact) mass is 384 g/mol. The molecule has 148 valence electrons. The smallest absolute Gasteiger partial charge is 0.246 e. The van der Waals surface area contributed by atoms with Gasteiger partial charge in [-0.15, -0.1) is 0 Å². The molecule has 1 aliphatic rings. The summed E-state index contributed by atoms with van der Waals surface area (Å²) >= 11 is 0. The minimum absolute atomic E-state index is 0.0204. The Bertz CT molecular complexity index is 997. The molecule has 2 N–H and O–H groups in total. The van der Waals surface area contributed by atoms with E-state index in [1.54, 1.807) is 0 Å². The molecule has 0 fully saturated rings. The lowest BCUT2D eigenvalue weighted by Gasteiger charge is -2.30. The number of hydrogen-bond donors (Lipinski definition) is 2. The Hall–Kier alpha value is -2.91. The van der Waals surface area contributed by atoms with Gasteiger partial charge in [-0.25, -0.2) is 0 Å². The van der Waals surface area contributed by atoms with Gasteiger partial charge in [0.1, 0.15) is 6.04 Å². The van der Waals surface area contributed by atoms with E-state index in [-0.39, 0.29) is 11.9 Å². The van der Waals surface area contributed by atoms with Crippen LogP contribution in [0.2, 0.25) is 0 Å². The van der Waals surface area contributed by atoms with Crippen LogP contribution in [0, 0.1) is 13.8 Å². The normalized spacial score (nSPS) is 16.7. The minimum Gasteiger partial charge on any atom is -0.324 e. The summed E-state index contributed by atoms with van der Waals surface area (Å²) < 4.78 is 0. The maximum absolute atomic E-state index is 13.4. The molecule has 1 amide bonds. The van der Waals surface area contributed by atoms with Crippen molar-refractivity contribution in [2.24, 2.45) is 0 Å². The van der Waals surface area contributed by atoms with Crippen molar-refractivity contribution in [1.29, 1.82) is 0 Å². The number of rotatable bonds is 5. The quantitative estimate of drug-likeness (QED) is 0.597. The fourth-order valence-electron chi connectivity index (χ4n) is 4.17. The van der Waals surface area contributed by atoms with Crippen molar-refractivity contribution in [3.63, 3.8) is 0 Å². The Kier molecular flexibility index (Phi) is 5.77. The SMILES string of the molecule is Cc1ccc(C)c(NC(=O)[C@@H](N[C@@H]2CCCc3ccccc32)c2ccccc2)c1. The molecule has 3 heteroatoms. The van der Waals surface area contributed by atoms with Crippen LogP contribution in [-0.2, 0) is 11.2 Å². The van der Waals surface area contributed by atoms with E-state index in [2.05, 4.69) is 41.0 Å². The predicted molar refractivity (Wildman–Crippen MR) is 119 cm³/mol. The molecule has 0 radical (unpaired) electrons. The summed E-state index contributed by atoms with van der Waals surface area (Å²) in [4.78, 5) is 13.4. The molecule has 4 rings (SSSR count). The standard InChI is InChI=1S/C26H28N2O/c1-18-15-16-19(2)24(17-18)28-26(29)25(21-10-4-3-5-11-21)27-23-14-8-12-20-9-6-7-13-22(20)23/h3-7,9-11,13,15-17,23,25,27H,8,12,14H2,1-2H3,(H,28,29)/t23-,25+/m1/s1. The van der Waals surface area contributed by atoms with Gasteiger partial charge in [0.2, 0.25) is 5.91 Å². The van der Waals surface area contributed by atoms with E-state index in [0.717, 1.165) is 41.6 Å². The van der Waals surface area contributed by atoms with Crippen LogP contribution in [-0.4, -0.2) is 5.91 Å². The van der Waals surface area contributed by atoms with E-state index < -0.39 is 6.04 Å². The third-order valence-electron chi connectivity index (χ3n) is 5.78.